The first-order valence-corrected chi connectivity index (χ1v) is 8.31. The number of rotatable bonds is 5. The van der Waals surface area contributed by atoms with Crippen molar-refractivity contribution in [2.75, 3.05) is 43.5 Å². The highest BCUT2D eigenvalue weighted by Gasteiger charge is 2.14. The molecule has 2 amide bonds. The number of benzene rings is 1. The minimum absolute atomic E-state index is 0.0374. The third-order valence-corrected chi connectivity index (χ3v) is 3.96. The Hall–Kier alpha value is -2.97. The van der Waals surface area contributed by atoms with E-state index >= 15 is 0 Å². The van der Waals surface area contributed by atoms with Crippen LogP contribution < -0.4 is 16.2 Å². The number of hydrogen-bond donors (Lipinski definition) is 3. The number of H-pyrrole nitrogens is 1. The number of nitrogens with one attached hydrogen (secondary N) is 3. The van der Waals surface area contributed by atoms with E-state index in [2.05, 4.69) is 15.6 Å². The van der Waals surface area contributed by atoms with Gasteiger partial charge in [0, 0.05) is 30.7 Å². The SMILES string of the molecule is O=C(CN1CCOCC1)Nc1ccc(NC(=O)c2ccc[nH]c2=O)cc1. The zero-order chi connectivity index (χ0) is 18.4. The molecule has 8 heteroatoms. The molecule has 136 valence electrons. The lowest BCUT2D eigenvalue weighted by Crippen LogP contribution is -2.41. The molecule has 0 atom stereocenters. The molecule has 3 rings (SSSR count). The number of carbonyl (C=O) groups excluding carboxylic acids is 2. The fourth-order valence-corrected chi connectivity index (χ4v) is 2.60. The second-order valence-electron chi connectivity index (χ2n) is 5.88. The molecular weight excluding hydrogens is 336 g/mol. The summed E-state index contributed by atoms with van der Waals surface area (Å²) in [5.41, 5.74) is 0.760. The summed E-state index contributed by atoms with van der Waals surface area (Å²) < 4.78 is 5.25. The molecule has 0 bridgehead atoms. The Labute approximate surface area is 150 Å². The number of anilines is 2. The van der Waals surface area contributed by atoms with Crippen molar-refractivity contribution in [3.8, 4) is 0 Å². The van der Waals surface area contributed by atoms with E-state index in [1.807, 2.05) is 4.90 Å². The van der Waals surface area contributed by atoms with Crippen molar-refractivity contribution in [1.29, 1.82) is 0 Å². The molecule has 26 heavy (non-hydrogen) atoms. The van der Waals surface area contributed by atoms with Gasteiger partial charge in [-0.1, -0.05) is 0 Å². The molecule has 8 nitrogen and oxygen atoms in total. The molecule has 2 aromatic rings. The minimum Gasteiger partial charge on any atom is -0.379 e. The molecule has 0 aliphatic carbocycles. The first kappa shape index (κ1) is 17.8. The smallest absolute Gasteiger partial charge is 0.261 e. The van der Waals surface area contributed by atoms with Gasteiger partial charge < -0.3 is 20.4 Å². The largest absolute Gasteiger partial charge is 0.379 e. The minimum atomic E-state index is -0.490. The topological polar surface area (TPSA) is 104 Å². The highest BCUT2D eigenvalue weighted by molar-refractivity contribution is 6.04. The first-order chi connectivity index (χ1) is 12.6. The van der Waals surface area contributed by atoms with Gasteiger partial charge in [0.15, 0.2) is 0 Å². The first-order valence-electron chi connectivity index (χ1n) is 8.31. The van der Waals surface area contributed by atoms with Gasteiger partial charge in [-0.2, -0.15) is 0 Å². The van der Waals surface area contributed by atoms with Crippen LogP contribution in [0.3, 0.4) is 0 Å². The van der Waals surface area contributed by atoms with Crippen molar-refractivity contribution in [2.45, 2.75) is 0 Å². The Bertz CT molecular complexity index is 826. The van der Waals surface area contributed by atoms with E-state index in [9.17, 15) is 14.4 Å². The zero-order valence-corrected chi connectivity index (χ0v) is 14.2. The van der Waals surface area contributed by atoms with E-state index in [0.29, 0.717) is 31.1 Å². The van der Waals surface area contributed by atoms with Crippen molar-refractivity contribution in [1.82, 2.24) is 9.88 Å². The van der Waals surface area contributed by atoms with E-state index in [0.717, 1.165) is 13.1 Å². The molecule has 1 aromatic carbocycles. The van der Waals surface area contributed by atoms with Crippen LogP contribution in [0.25, 0.3) is 0 Å². The molecule has 0 radical (unpaired) electrons. The Morgan fingerprint density at radius 2 is 1.69 bits per heavy atom. The summed E-state index contributed by atoms with van der Waals surface area (Å²) in [5.74, 6) is -0.588. The number of carbonyl (C=O) groups is 2. The van der Waals surface area contributed by atoms with Crippen molar-refractivity contribution in [2.24, 2.45) is 0 Å². The molecule has 3 N–H and O–H groups in total. The Balaban J connectivity index is 1.54. The monoisotopic (exact) mass is 356 g/mol. The fraction of sp³-hybridized carbons (Fsp3) is 0.278. The lowest BCUT2D eigenvalue weighted by Gasteiger charge is -2.25. The Morgan fingerprint density at radius 3 is 2.35 bits per heavy atom. The van der Waals surface area contributed by atoms with Gasteiger partial charge in [-0.3, -0.25) is 19.3 Å². The van der Waals surface area contributed by atoms with Gasteiger partial charge in [-0.05, 0) is 36.4 Å². The zero-order valence-electron chi connectivity index (χ0n) is 14.2. The second kappa shape index (κ2) is 8.41. The van der Waals surface area contributed by atoms with Gasteiger partial charge in [-0.15, -0.1) is 0 Å². The Kier molecular flexibility index (Phi) is 5.77. The van der Waals surface area contributed by atoms with Crippen LogP contribution in [0.1, 0.15) is 10.4 Å². The standard InChI is InChI=1S/C18H20N4O4/c23-16(12-22-8-10-26-11-9-22)20-13-3-5-14(6-4-13)21-18(25)15-2-1-7-19-17(15)24/h1-7H,8-12H2,(H,19,24)(H,20,23)(H,21,25). The summed E-state index contributed by atoms with van der Waals surface area (Å²) in [4.78, 5) is 40.3. The van der Waals surface area contributed by atoms with Gasteiger partial charge in [-0.25, -0.2) is 0 Å². The van der Waals surface area contributed by atoms with Crippen LogP contribution in [0.4, 0.5) is 11.4 Å². The van der Waals surface area contributed by atoms with Crippen LogP contribution in [0.5, 0.6) is 0 Å². The van der Waals surface area contributed by atoms with Crippen molar-refractivity contribution < 1.29 is 14.3 Å². The maximum Gasteiger partial charge on any atom is 0.261 e. The Morgan fingerprint density at radius 1 is 1.04 bits per heavy atom. The number of aromatic amines is 1. The molecule has 1 saturated heterocycles. The summed E-state index contributed by atoms with van der Waals surface area (Å²) in [6.45, 7) is 3.10. The van der Waals surface area contributed by atoms with E-state index in [1.54, 1.807) is 30.3 Å². The maximum absolute atomic E-state index is 12.1. The van der Waals surface area contributed by atoms with Crippen LogP contribution in [0.15, 0.2) is 47.4 Å². The molecule has 2 heterocycles. The summed E-state index contributed by atoms with van der Waals surface area (Å²) >= 11 is 0. The normalized spacial score (nSPS) is 14.6. The predicted molar refractivity (Wildman–Crippen MR) is 97.3 cm³/mol. The van der Waals surface area contributed by atoms with Crippen LogP contribution in [-0.2, 0) is 9.53 Å². The van der Waals surface area contributed by atoms with E-state index in [4.69, 9.17) is 4.74 Å². The van der Waals surface area contributed by atoms with Crippen LogP contribution in [-0.4, -0.2) is 54.5 Å². The van der Waals surface area contributed by atoms with Gasteiger partial charge in [0.1, 0.15) is 5.56 Å². The van der Waals surface area contributed by atoms with Crippen molar-refractivity contribution in [3.05, 3.63) is 58.5 Å². The number of aromatic nitrogens is 1. The number of pyridine rings is 1. The van der Waals surface area contributed by atoms with Crippen LogP contribution in [0.2, 0.25) is 0 Å². The molecule has 0 saturated carbocycles. The summed E-state index contributed by atoms with van der Waals surface area (Å²) in [6.07, 6.45) is 1.47. The lowest BCUT2D eigenvalue weighted by molar-refractivity contribution is -0.118. The van der Waals surface area contributed by atoms with E-state index in [1.165, 1.54) is 12.3 Å². The van der Waals surface area contributed by atoms with E-state index < -0.39 is 11.5 Å². The third-order valence-electron chi connectivity index (χ3n) is 3.96. The average Bonchev–Trinajstić information content (AvgIpc) is 2.64. The highest BCUT2D eigenvalue weighted by Crippen LogP contribution is 2.14. The quantitative estimate of drug-likeness (QED) is 0.738. The summed E-state index contributed by atoms with van der Waals surface area (Å²) in [7, 11) is 0. The van der Waals surface area contributed by atoms with Crippen molar-refractivity contribution in [3.63, 3.8) is 0 Å². The maximum atomic E-state index is 12.1. The molecule has 1 aromatic heterocycles. The molecule has 1 aliphatic heterocycles. The van der Waals surface area contributed by atoms with Gasteiger partial charge in [0.2, 0.25) is 5.91 Å². The highest BCUT2D eigenvalue weighted by atomic mass is 16.5. The summed E-state index contributed by atoms with van der Waals surface area (Å²) in [6, 6.07) is 9.76. The fourth-order valence-electron chi connectivity index (χ4n) is 2.60. The average molecular weight is 356 g/mol. The van der Waals surface area contributed by atoms with Gasteiger partial charge >= 0.3 is 0 Å². The lowest BCUT2D eigenvalue weighted by atomic mass is 10.2. The number of ether oxygens (including phenoxy) is 1. The number of nitrogens with zero attached hydrogens (tertiary/aromatic N) is 1. The molecule has 1 aliphatic rings. The number of morpholine rings is 1. The molecule has 0 unspecified atom stereocenters. The third kappa shape index (κ3) is 4.78. The van der Waals surface area contributed by atoms with Crippen LogP contribution in [0, 0.1) is 0 Å². The molecule has 0 spiro atoms. The number of hydrogen-bond acceptors (Lipinski definition) is 5. The second-order valence-corrected chi connectivity index (χ2v) is 5.88. The van der Waals surface area contributed by atoms with Gasteiger partial charge in [0.25, 0.3) is 11.5 Å². The van der Waals surface area contributed by atoms with Crippen LogP contribution >= 0.6 is 0 Å². The van der Waals surface area contributed by atoms with E-state index in [-0.39, 0.29) is 11.5 Å². The molecule has 1 fully saturated rings. The van der Waals surface area contributed by atoms with Gasteiger partial charge in [0.05, 0.1) is 19.8 Å². The van der Waals surface area contributed by atoms with Crippen molar-refractivity contribution >= 4 is 23.2 Å². The predicted octanol–water partition coefficient (Wildman–Crippen LogP) is 0.898. The summed E-state index contributed by atoms with van der Waals surface area (Å²) in [5, 5.41) is 5.47. The number of amides is 2. The molecular formula is C18H20N4O4.